The van der Waals surface area contributed by atoms with Crippen molar-refractivity contribution < 1.29 is 14.3 Å². The number of benzene rings is 2. The van der Waals surface area contributed by atoms with Gasteiger partial charge in [-0.1, -0.05) is 0 Å². The number of methoxy groups -OCH3 is 1. The Hall–Kier alpha value is -3.00. The standard InChI is InChI=1S/C21H21N3O4S/c1-3-28-16-7-5-15(6-8-16)24-19(25)17-9-4-14(20(26)27-2)12-18(17)22-21(24)23-10-11-29-13-23/h4-9,12H,3,10-11,13H2,1-2H3. The minimum atomic E-state index is -0.456. The summed E-state index contributed by atoms with van der Waals surface area (Å²) in [5, 5.41) is 0.446. The van der Waals surface area contributed by atoms with Crippen molar-refractivity contribution in [1.82, 2.24) is 9.55 Å². The fraction of sp³-hybridized carbons (Fsp3) is 0.286. The van der Waals surface area contributed by atoms with Gasteiger partial charge in [0.05, 0.1) is 41.7 Å². The van der Waals surface area contributed by atoms with Crippen molar-refractivity contribution >= 4 is 34.6 Å². The molecule has 1 aliphatic heterocycles. The molecule has 3 aromatic rings. The Morgan fingerprint density at radius 3 is 2.66 bits per heavy atom. The molecule has 1 aromatic heterocycles. The first-order valence-electron chi connectivity index (χ1n) is 9.33. The van der Waals surface area contributed by atoms with E-state index in [0.29, 0.717) is 29.0 Å². The molecular formula is C21H21N3O4S. The summed E-state index contributed by atoms with van der Waals surface area (Å²) >= 11 is 1.79. The van der Waals surface area contributed by atoms with Crippen LogP contribution in [0.1, 0.15) is 17.3 Å². The predicted octanol–water partition coefficient (Wildman–Crippen LogP) is 3.08. The van der Waals surface area contributed by atoms with Gasteiger partial charge in [0.15, 0.2) is 0 Å². The third kappa shape index (κ3) is 3.67. The maximum atomic E-state index is 13.4. The molecule has 2 heterocycles. The first-order chi connectivity index (χ1) is 14.1. The van der Waals surface area contributed by atoms with Crippen LogP contribution in [0.4, 0.5) is 5.95 Å². The van der Waals surface area contributed by atoms with E-state index in [-0.39, 0.29) is 5.56 Å². The fourth-order valence-electron chi connectivity index (χ4n) is 3.29. The lowest BCUT2D eigenvalue weighted by atomic mass is 10.1. The van der Waals surface area contributed by atoms with Crippen LogP contribution in [0.15, 0.2) is 47.3 Å². The van der Waals surface area contributed by atoms with E-state index in [4.69, 9.17) is 14.5 Å². The summed E-state index contributed by atoms with van der Waals surface area (Å²) < 4.78 is 11.9. The second kappa shape index (κ2) is 8.16. The monoisotopic (exact) mass is 411 g/mol. The molecule has 29 heavy (non-hydrogen) atoms. The third-order valence-corrected chi connectivity index (χ3v) is 5.68. The number of nitrogens with zero attached hydrogens (tertiary/aromatic N) is 3. The number of rotatable bonds is 5. The summed E-state index contributed by atoms with van der Waals surface area (Å²) in [5.41, 5.74) is 1.39. The summed E-state index contributed by atoms with van der Waals surface area (Å²) in [7, 11) is 1.33. The zero-order chi connectivity index (χ0) is 20.4. The summed E-state index contributed by atoms with van der Waals surface area (Å²) in [6, 6.07) is 12.2. The van der Waals surface area contributed by atoms with Crippen LogP contribution in [0.25, 0.3) is 16.6 Å². The van der Waals surface area contributed by atoms with Gasteiger partial charge in [0.25, 0.3) is 5.56 Å². The molecule has 0 radical (unpaired) electrons. The van der Waals surface area contributed by atoms with Crippen molar-refractivity contribution in [3.05, 3.63) is 58.4 Å². The predicted molar refractivity (Wildman–Crippen MR) is 115 cm³/mol. The van der Waals surface area contributed by atoms with Gasteiger partial charge in [-0.25, -0.2) is 14.3 Å². The summed E-state index contributed by atoms with van der Waals surface area (Å²) in [4.78, 5) is 32.2. The lowest BCUT2D eigenvalue weighted by Gasteiger charge is -2.21. The maximum absolute atomic E-state index is 13.4. The number of fused-ring (bicyclic) bond motifs is 1. The molecule has 0 spiro atoms. The largest absolute Gasteiger partial charge is 0.494 e. The first-order valence-corrected chi connectivity index (χ1v) is 10.5. The highest BCUT2D eigenvalue weighted by Gasteiger charge is 2.22. The highest BCUT2D eigenvalue weighted by Crippen LogP contribution is 2.26. The third-order valence-electron chi connectivity index (χ3n) is 4.71. The Kier molecular flexibility index (Phi) is 5.44. The van der Waals surface area contributed by atoms with Gasteiger partial charge in [0.1, 0.15) is 5.75 Å². The van der Waals surface area contributed by atoms with Crippen molar-refractivity contribution in [2.45, 2.75) is 6.92 Å². The Morgan fingerprint density at radius 2 is 2.00 bits per heavy atom. The number of ether oxygens (including phenoxy) is 2. The molecule has 0 atom stereocenters. The number of esters is 1. The van der Waals surface area contributed by atoms with Crippen LogP contribution in [0.5, 0.6) is 5.75 Å². The number of hydrogen-bond donors (Lipinski definition) is 0. The molecule has 1 aliphatic rings. The van der Waals surface area contributed by atoms with Crippen LogP contribution < -0.4 is 15.2 Å². The van der Waals surface area contributed by atoms with E-state index < -0.39 is 5.97 Å². The second-order valence-corrected chi connectivity index (χ2v) is 7.58. The topological polar surface area (TPSA) is 73.7 Å². The SMILES string of the molecule is CCOc1ccc(-n2c(N3CCSC3)nc3cc(C(=O)OC)ccc3c2=O)cc1. The van der Waals surface area contributed by atoms with E-state index in [2.05, 4.69) is 4.90 Å². The van der Waals surface area contributed by atoms with Crippen molar-refractivity contribution in [3.63, 3.8) is 0 Å². The van der Waals surface area contributed by atoms with Gasteiger partial charge in [0, 0.05) is 12.3 Å². The summed E-state index contributed by atoms with van der Waals surface area (Å²) in [6.45, 7) is 3.31. The molecule has 150 valence electrons. The molecular weight excluding hydrogens is 390 g/mol. The number of hydrogen-bond acceptors (Lipinski definition) is 7. The van der Waals surface area contributed by atoms with E-state index in [1.807, 2.05) is 31.2 Å². The number of carbonyl (C=O) groups is 1. The average molecular weight is 411 g/mol. The fourth-order valence-corrected chi connectivity index (χ4v) is 4.24. The maximum Gasteiger partial charge on any atom is 0.337 e. The van der Waals surface area contributed by atoms with E-state index in [9.17, 15) is 9.59 Å². The van der Waals surface area contributed by atoms with E-state index in [1.54, 1.807) is 34.5 Å². The first kappa shape index (κ1) is 19.3. The highest BCUT2D eigenvalue weighted by atomic mass is 32.2. The van der Waals surface area contributed by atoms with Crippen LogP contribution in [-0.2, 0) is 4.74 Å². The number of anilines is 1. The Labute approximate surface area is 172 Å². The van der Waals surface area contributed by atoms with Gasteiger partial charge in [-0.2, -0.15) is 0 Å². The molecule has 4 rings (SSSR count). The van der Waals surface area contributed by atoms with E-state index >= 15 is 0 Å². The molecule has 0 N–H and O–H groups in total. The Morgan fingerprint density at radius 1 is 1.21 bits per heavy atom. The van der Waals surface area contributed by atoms with Crippen molar-refractivity contribution in [3.8, 4) is 11.4 Å². The van der Waals surface area contributed by atoms with Crippen LogP contribution in [0.2, 0.25) is 0 Å². The summed E-state index contributed by atoms with van der Waals surface area (Å²) in [5.74, 6) is 2.59. The Bertz CT molecular complexity index is 1110. The molecule has 1 saturated heterocycles. The number of carbonyl (C=O) groups excluding carboxylic acids is 1. The highest BCUT2D eigenvalue weighted by molar-refractivity contribution is 7.99. The molecule has 1 fully saturated rings. The molecule has 8 heteroatoms. The number of aromatic nitrogens is 2. The summed E-state index contributed by atoms with van der Waals surface area (Å²) in [6.07, 6.45) is 0. The lowest BCUT2D eigenvalue weighted by Crippen LogP contribution is -2.30. The van der Waals surface area contributed by atoms with Gasteiger partial charge in [-0.3, -0.25) is 4.79 Å². The molecule has 0 aliphatic carbocycles. The molecule has 7 nitrogen and oxygen atoms in total. The van der Waals surface area contributed by atoms with Gasteiger partial charge in [-0.15, -0.1) is 11.8 Å². The van der Waals surface area contributed by atoms with Crippen molar-refractivity contribution in [2.75, 3.05) is 36.8 Å². The minimum absolute atomic E-state index is 0.178. The molecule has 0 amide bonds. The molecule has 2 aromatic carbocycles. The Balaban J connectivity index is 1.91. The van der Waals surface area contributed by atoms with Crippen molar-refractivity contribution in [2.24, 2.45) is 0 Å². The van der Waals surface area contributed by atoms with Crippen molar-refractivity contribution in [1.29, 1.82) is 0 Å². The van der Waals surface area contributed by atoms with Gasteiger partial charge in [-0.05, 0) is 49.4 Å². The van der Waals surface area contributed by atoms with Gasteiger partial charge < -0.3 is 14.4 Å². The number of thioether (sulfide) groups is 1. The second-order valence-electron chi connectivity index (χ2n) is 6.50. The van der Waals surface area contributed by atoms with E-state index in [0.717, 1.165) is 29.6 Å². The molecule has 0 saturated carbocycles. The normalized spacial score (nSPS) is 13.7. The zero-order valence-corrected chi connectivity index (χ0v) is 17.1. The van der Waals surface area contributed by atoms with Crippen LogP contribution in [0.3, 0.4) is 0 Å². The van der Waals surface area contributed by atoms with Crippen LogP contribution in [-0.4, -0.2) is 47.4 Å². The van der Waals surface area contributed by atoms with Crippen LogP contribution in [0, 0.1) is 0 Å². The quantitative estimate of drug-likeness (QED) is 0.597. The lowest BCUT2D eigenvalue weighted by molar-refractivity contribution is 0.0601. The van der Waals surface area contributed by atoms with Gasteiger partial charge >= 0.3 is 5.97 Å². The van der Waals surface area contributed by atoms with Gasteiger partial charge in [0.2, 0.25) is 5.95 Å². The average Bonchev–Trinajstić information content (AvgIpc) is 3.28. The molecule has 0 bridgehead atoms. The smallest absolute Gasteiger partial charge is 0.337 e. The van der Waals surface area contributed by atoms with Crippen LogP contribution >= 0.6 is 11.8 Å². The minimum Gasteiger partial charge on any atom is -0.494 e. The molecule has 0 unspecified atom stereocenters. The van der Waals surface area contributed by atoms with E-state index in [1.165, 1.54) is 7.11 Å². The zero-order valence-electron chi connectivity index (χ0n) is 16.3.